The Morgan fingerprint density at radius 3 is 2.55 bits per heavy atom. The van der Waals surface area contributed by atoms with Crippen molar-refractivity contribution in [3.63, 3.8) is 0 Å². The van der Waals surface area contributed by atoms with Crippen LogP contribution in [0, 0.1) is 0 Å². The number of hydrogen-bond donors (Lipinski definition) is 2. The highest BCUT2D eigenvalue weighted by Gasteiger charge is 2.29. The van der Waals surface area contributed by atoms with E-state index in [1.807, 2.05) is 60.8 Å². The van der Waals surface area contributed by atoms with Gasteiger partial charge in [-0.25, -0.2) is 4.98 Å². The number of hydrogen-bond acceptors (Lipinski definition) is 4. The molecule has 2 N–H and O–H groups in total. The first kappa shape index (κ1) is 21.5. The Morgan fingerprint density at radius 2 is 1.88 bits per heavy atom. The summed E-state index contributed by atoms with van der Waals surface area (Å²) >= 11 is 1.31. The molecule has 2 aromatic heterocycles. The van der Waals surface area contributed by atoms with Crippen LogP contribution >= 0.6 is 11.8 Å². The van der Waals surface area contributed by atoms with Crippen LogP contribution in [-0.2, 0) is 4.79 Å². The summed E-state index contributed by atoms with van der Waals surface area (Å²) in [5, 5.41) is 3.54. The number of thioether (sulfide) groups is 1. The molecule has 1 amide bonds. The first-order valence-electron chi connectivity index (χ1n) is 11.2. The lowest BCUT2D eigenvalue weighted by atomic mass is 10.0. The van der Waals surface area contributed by atoms with Gasteiger partial charge in [0.05, 0.1) is 5.75 Å². The normalized spacial score (nSPS) is 13.5. The molecule has 1 fully saturated rings. The third kappa shape index (κ3) is 4.46. The number of anilines is 1. The SMILES string of the molecule is CC(C)c1ccc(NC(=O)CSc2nc3c(-c4ccccc4)c[nH]c3c(=O)n2C2CC2)cc1. The molecule has 0 saturated heterocycles. The van der Waals surface area contributed by atoms with E-state index in [0.717, 1.165) is 29.7 Å². The Balaban J connectivity index is 1.40. The summed E-state index contributed by atoms with van der Waals surface area (Å²) in [6, 6.07) is 18.0. The van der Waals surface area contributed by atoms with Gasteiger partial charge in [-0.2, -0.15) is 0 Å². The zero-order valence-corrected chi connectivity index (χ0v) is 19.5. The van der Waals surface area contributed by atoms with Crippen molar-refractivity contribution in [1.82, 2.24) is 14.5 Å². The van der Waals surface area contributed by atoms with E-state index in [1.54, 1.807) is 4.57 Å². The molecule has 0 atom stereocenters. The largest absolute Gasteiger partial charge is 0.355 e. The fraction of sp³-hybridized carbons (Fsp3) is 0.269. The van der Waals surface area contributed by atoms with E-state index >= 15 is 0 Å². The second-order valence-corrected chi connectivity index (χ2v) is 9.65. The molecule has 168 valence electrons. The molecule has 5 rings (SSSR count). The number of rotatable bonds is 7. The summed E-state index contributed by atoms with van der Waals surface area (Å²) in [5.41, 5.74) is 4.98. The summed E-state index contributed by atoms with van der Waals surface area (Å²) in [6.07, 6.45) is 3.76. The van der Waals surface area contributed by atoms with E-state index in [2.05, 4.69) is 24.1 Å². The van der Waals surface area contributed by atoms with Crippen molar-refractivity contribution in [2.75, 3.05) is 11.1 Å². The van der Waals surface area contributed by atoms with E-state index in [4.69, 9.17) is 4.98 Å². The molecule has 0 unspecified atom stereocenters. The fourth-order valence-electron chi connectivity index (χ4n) is 3.92. The summed E-state index contributed by atoms with van der Waals surface area (Å²) in [4.78, 5) is 33.9. The van der Waals surface area contributed by atoms with Crippen LogP contribution in [0.3, 0.4) is 0 Å². The van der Waals surface area contributed by atoms with Gasteiger partial charge in [0.1, 0.15) is 11.0 Å². The predicted octanol–water partition coefficient (Wildman–Crippen LogP) is 5.58. The predicted molar refractivity (Wildman–Crippen MR) is 134 cm³/mol. The van der Waals surface area contributed by atoms with Gasteiger partial charge < -0.3 is 10.3 Å². The van der Waals surface area contributed by atoms with Crippen LogP contribution in [0.5, 0.6) is 0 Å². The maximum atomic E-state index is 13.3. The van der Waals surface area contributed by atoms with Crippen molar-refractivity contribution in [2.24, 2.45) is 0 Å². The highest BCUT2D eigenvalue weighted by Crippen LogP contribution is 2.37. The van der Waals surface area contributed by atoms with Crippen molar-refractivity contribution in [3.8, 4) is 11.1 Å². The molecule has 1 aliphatic carbocycles. The lowest BCUT2D eigenvalue weighted by Crippen LogP contribution is -2.23. The lowest BCUT2D eigenvalue weighted by Gasteiger charge is -2.12. The third-order valence-corrected chi connectivity index (χ3v) is 6.84. The van der Waals surface area contributed by atoms with Crippen LogP contribution in [0.2, 0.25) is 0 Å². The molecule has 1 aliphatic rings. The molecule has 0 radical (unpaired) electrons. The molecule has 4 aromatic rings. The lowest BCUT2D eigenvalue weighted by molar-refractivity contribution is -0.113. The number of amides is 1. The summed E-state index contributed by atoms with van der Waals surface area (Å²) in [7, 11) is 0. The van der Waals surface area contributed by atoms with Crippen LogP contribution in [0.1, 0.15) is 44.2 Å². The molecule has 33 heavy (non-hydrogen) atoms. The van der Waals surface area contributed by atoms with Crippen LogP contribution in [0.25, 0.3) is 22.2 Å². The van der Waals surface area contributed by atoms with Crippen LogP contribution in [0.4, 0.5) is 5.69 Å². The van der Waals surface area contributed by atoms with Crippen molar-refractivity contribution >= 4 is 34.4 Å². The number of carbonyl (C=O) groups excluding carboxylic acids is 1. The maximum Gasteiger partial charge on any atom is 0.278 e. The zero-order chi connectivity index (χ0) is 22.9. The number of nitrogens with one attached hydrogen (secondary N) is 2. The Kier molecular flexibility index (Phi) is 5.81. The van der Waals surface area contributed by atoms with Gasteiger partial charge in [-0.15, -0.1) is 0 Å². The maximum absolute atomic E-state index is 13.3. The molecule has 6 nitrogen and oxygen atoms in total. The van der Waals surface area contributed by atoms with Gasteiger partial charge in [0, 0.05) is 23.5 Å². The number of aromatic nitrogens is 3. The number of aromatic amines is 1. The van der Waals surface area contributed by atoms with Crippen LogP contribution in [0.15, 0.2) is 70.7 Å². The highest BCUT2D eigenvalue weighted by atomic mass is 32.2. The minimum Gasteiger partial charge on any atom is -0.355 e. The van der Waals surface area contributed by atoms with E-state index in [1.165, 1.54) is 17.3 Å². The Labute approximate surface area is 196 Å². The second-order valence-electron chi connectivity index (χ2n) is 8.71. The monoisotopic (exact) mass is 458 g/mol. The number of benzene rings is 2. The van der Waals surface area contributed by atoms with Gasteiger partial charge in [-0.05, 0) is 42.0 Å². The molecule has 0 bridgehead atoms. The summed E-state index contributed by atoms with van der Waals surface area (Å²) in [6.45, 7) is 4.28. The molecule has 0 aliphatic heterocycles. The second kappa shape index (κ2) is 8.90. The molecule has 7 heteroatoms. The van der Waals surface area contributed by atoms with Gasteiger partial charge in [0.2, 0.25) is 5.91 Å². The van der Waals surface area contributed by atoms with E-state index in [0.29, 0.717) is 22.1 Å². The standard InChI is InChI=1S/C26H26N4O2S/c1-16(2)17-8-10-19(11-9-17)28-22(31)15-33-26-29-23-21(18-6-4-3-5-7-18)14-27-24(23)25(32)30(26)20-12-13-20/h3-11,14,16,20,27H,12-13,15H2,1-2H3,(H,28,31). The minimum absolute atomic E-state index is 0.0723. The smallest absolute Gasteiger partial charge is 0.278 e. The molecular weight excluding hydrogens is 432 g/mol. The average molecular weight is 459 g/mol. The molecule has 1 saturated carbocycles. The van der Waals surface area contributed by atoms with Crippen molar-refractivity contribution in [1.29, 1.82) is 0 Å². The summed E-state index contributed by atoms with van der Waals surface area (Å²) in [5.74, 6) is 0.507. The third-order valence-electron chi connectivity index (χ3n) is 5.89. The highest BCUT2D eigenvalue weighted by molar-refractivity contribution is 7.99. The molecule has 0 spiro atoms. The molecule has 2 aromatic carbocycles. The van der Waals surface area contributed by atoms with Gasteiger partial charge in [0.25, 0.3) is 5.56 Å². The van der Waals surface area contributed by atoms with Gasteiger partial charge in [0.15, 0.2) is 5.16 Å². The number of fused-ring (bicyclic) bond motifs is 1. The topological polar surface area (TPSA) is 79.8 Å². The van der Waals surface area contributed by atoms with Crippen LogP contribution in [-0.4, -0.2) is 26.2 Å². The van der Waals surface area contributed by atoms with Gasteiger partial charge >= 0.3 is 0 Å². The molecular formula is C26H26N4O2S. The Hall–Kier alpha value is -3.32. The quantitative estimate of drug-likeness (QED) is 0.280. The Bertz CT molecular complexity index is 1350. The minimum atomic E-state index is -0.119. The van der Waals surface area contributed by atoms with E-state index in [9.17, 15) is 9.59 Å². The van der Waals surface area contributed by atoms with E-state index < -0.39 is 0 Å². The molecule has 2 heterocycles. The van der Waals surface area contributed by atoms with Gasteiger partial charge in [-0.3, -0.25) is 14.2 Å². The van der Waals surface area contributed by atoms with Crippen LogP contribution < -0.4 is 10.9 Å². The average Bonchev–Trinajstić information content (AvgIpc) is 3.56. The number of H-pyrrole nitrogens is 1. The van der Waals surface area contributed by atoms with Crippen molar-refractivity contribution < 1.29 is 4.79 Å². The fourth-order valence-corrected chi connectivity index (χ4v) is 4.78. The Morgan fingerprint density at radius 1 is 1.15 bits per heavy atom. The number of carbonyl (C=O) groups is 1. The summed E-state index contributed by atoms with van der Waals surface area (Å²) < 4.78 is 1.75. The first-order valence-corrected chi connectivity index (χ1v) is 12.2. The van der Waals surface area contributed by atoms with E-state index in [-0.39, 0.29) is 23.3 Å². The zero-order valence-electron chi connectivity index (χ0n) is 18.7. The van der Waals surface area contributed by atoms with Crippen molar-refractivity contribution in [3.05, 3.63) is 76.7 Å². The number of nitrogens with zero attached hydrogens (tertiary/aromatic N) is 2. The first-order chi connectivity index (χ1) is 16.0. The van der Waals surface area contributed by atoms with Gasteiger partial charge in [-0.1, -0.05) is 68.1 Å². The van der Waals surface area contributed by atoms with Crippen molar-refractivity contribution in [2.45, 2.75) is 43.8 Å².